The lowest BCUT2D eigenvalue weighted by Crippen LogP contribution is -2.40. The summed E-state index contributed by atoms with van der Waals surface area (Å²) in [6, 6.07) is 10.4. The van der Waals surface area contributed by atoms with E-state index in [1.807, 2.05) is 17.9 Å². The van der Waals surface area contributed by atoms with Crippen LogP contribution in [0.15, 0.2) is 35.3 Å². The van der Waals surface area contributed by atoms with E-state index >= 15 is 0 Å². The van der Waals surface area contributed by atoms with Crippen LogP contribution in [0.1, 0.15) is 26.2 Å². The van der Waals surface area contributed by atoms with Gasteiger partial charge in [0, 0.05) is 45.5 Å². The minimum Gasteiger partial charge on any atom is -0.375 e. The summed E-state index contributed by atoms with van der Waals surface area (Å²) in [6.45, 7) is 6.58. The van der Waals surface area contributed by atoms with Crippen LogP contribution in [-0.4, -0.2) is 63.1 Å². The highest BCUT2D eigenvalue weighted by molar-refractivity contribution is 14.0. The number of halogens is 1. The van der Waals surface area contributed by atoms with Crippen LogP contribution in [0.25, 0.3) is 0 Å². The van der Waals surface area contributed by atoms with Crippen LogP contribution in [0.5, 0.6) is 0 Å². The zero-order chi connectivity index (χ0) is 17.9. The van der Waals surface area contributed by atoms with E-state index < -0.39 is 0 Å². The molecule has 0 atom stereocenters. The molecule has 1 fully saturated rings. The molecule has 1 saturated heterocycles. The van der Waals surface area contributed by atoms with E-state index in [2.05, 4.69) is 51.8 Å². The average Bonchev–Trinajstić information content (AvgIpc) is 3.18. The Labute approximate surface area is 174 Å². The van der Waals surface area contributed by atoms with Crippen LogP contribution in [-0.2, 0) is 4.79 Å². The van der Waals surface area contributed by atoms with E-state index in [4.69, 9.17) is 0 Å². The van der Waals surface area contributed by atoms with Gasteiger partial charge in [-0.25, -0.2) is 4.99 Å². The number of aliphatic imine (C=N–C) groups is 1. The Morgan fingerprint density at radius 2 is 1.88 bits per heavy atom. The first-order valence-electron chi connectivity index (χ1n) is 9.27. The van der Waals surface area contributed by atoms with E-state index in [0.717, 1.165) is 57.9 Å². The summed E-state index contributed by atoms with van der Waals surface area (Å²) in [5, 5.41) is 6.52. The fourth-order valence-corrected chi connectivity index (χ4v) is 2.89. The van der Waals surface area contributed by atoms with Crippen molar-refractivity contribution in [2.45, 2.75) is 26.2 Å². The van der Waals surface area contributed by atoms with Gasteiger partial charge in [-0.3, -0.25) is 4.79 Å². The Bertz CT molecular complexity index is 546. The molecule has 1 aliphatic rings. The van der Waals surface area contributed by atoms with E-state index in [1.165, 1.54) is 5.69 Å². The third-order valence-corrected chi connectivity index (χ3v) is 4.34. The second kappa shape index (κ2) is 12.8. The first-order chi connectivity index (χ1) is 12.2. The monoisotopic (exact) mass is 473 g/mol. The summed E-state index contributed by atoms with van der Waals surface area (Å²) in [6.07, 6.45) is 3.22. The standard InChI is InChI=1S/C19H31N5O.HI/c1-3-20-19(22-16-18(25)24-14-7-8-15-24)21-12-9-13-23(2)17-10-5-4-6-11-17;/h4-6,10-11H,3,7-9,12-16H2,1-2H3,(H2,20,21,22);1H. The maximum atomic E-state index is 12.1. The molecule has 0 saturated carbocycles. The molecule has 0 bridgehead atoms. The molecule has 1 aliphatic heterocycles. The zero-order valence-electron chi connectivity index (χ0n) is 15.9. The van der Waals surface area contributed by atoms with E-state index in [9.17, 15) is 4.79 Å². The number of amides is 1. The Kier molecular flexibility index (Phi) is 11.1. The predicted octanol–water partition coefficient (Wildman–Crippen LogP) is 2.31. The number of guanidine groups is 1. The molecule has 1 heterocycles. The van der Waals surface area contributed by atoms with Gasteiger partial charge < -0.3 is 20.4 Å². The predicted molar refractivity (Wildman–Crippen MR) is 120 cm³/mol. The van der Waals surface area contributed by atoms with Gasteiger partial charge in [-0.15, -0.1) is 24.0 Å². The van der Waals surface area contributed by atoms with Crippen molar-refractivity contribution < 1.29 is 4.79 Å². The highest BCUT2D eigenvalue weighted by atomic mass is 127. The molecule has 2 N–H and O–H groups in total. The molecule has 6 nitrogen and oxygen atoms in total. The molecule has 26 heavy (non-hydrogen) atoms. The molecule has 2 rings (SSSR count). The molecule has 146 valence electrons. The first kappa shape index (κ1) is 22.5. The zero-order valence-corrected chi connectivity index (χ0v) is 18.2. The van der Waals surface area contributed by atoms with Gasteiger partial charge in [0.1, 0.15) is 6.54 Å². The molecule has 7 heteroatoms. The van der Waals surface area contributed by atoms with Gasteiger partial charge in [-0.05, 0) is 38.3 Å². The SMILES string of the molecule is CCNC(=NCC(=O)N1CCCC1)NCCCN(C)c1ccccc1.I. The summed E-state index contributed by atoms with van der Waals surface area (Å²) in [5.41, 5.74) is 1.22. The number of carbonyl (C=O) groups excluding carboxylic acids is 1. The minimum atomic E-state index is 0. The van der Waals surface area contributed by atoms with Crippen molar-refractivity contribution in [2.75, 3.05) is 51.2 Å². The molecule has 0 aliphatic carbocycles. The van der Waals surface area contributed by atoms with E-state index in [1.54, 1.807) is 0 Å². The molecule has 0 unspecified atom stereocenters. The first-order valence-corrected chi connectivity index (χ1v) is 9.27. The molecular formula is C19H32IN5O. The normalized spacial score (nSPS) is 13.9. The van der Waals surface area contributed by atoms with Crippen LogP contribution in [0.3, 0.4) is 0 Å². The largest absolute Gasteiger partial charge is 0.375 e. The fourth-order valence-electron chi connectivity index (χ4n) is 2.89. The van der Waals surface area contributed by atoms with Crippen molar-refractivity contribution in [1.82, 2.24) is 15.5 Å². The van der Waals surface area contributed by atoms with Crippen molar-refractivity contribution in [1.29, 1.82) is 0 Å². The number of carbonyl (C=O) groups is 1. The Morgan fingerprint density at radius 1 is 1.19 bits per heavy atom. The van der Waals surface area contributed by atoms with Crippen LogP contribution >= 0.6 is 24.0 Å². The van der Waals surface area contributed by atoms with Crippen LogP contribution in [0.2, 0.25) is 0 Å². The lowest BCUT2D eigenvalue weighted by molar-refractivity contribution is -0.128. The molecule has 1 aromatic carbocycles. The van der Waals surface area contributed by atoms with Gasteiger partial charge in [-0.1, -0.05) is 18.2 Å². The summed E-state index contributed by atoms with van der Waals surface area (Å²) >= 11 is 0. The van der Waals surface area contributed by atoms with Gasteiger partial charge >= 0.3 is 0 Å². The average molecular weight is 473 g/mol. The summed E-state index contributed by atoms with van der Waals surface area (Å²) in [5.74, 6) is 0.843. The number of rotatable bonds is 8. The van der Waals surface area contributed by atoms with Crippen LogP contribution in [0.4, 0.5) is 5.69 Å². The Hall–Kier alpha value is -1.51. The number of nitrogens with one attached hydrogen (secondary N) is 2. The summed E-state index contributed by atoms with van der Waals surface area (Å²) in [4.78, 5) is 20.7. The number of hydrogen-bond donors (Lipinski definition) is 2. The number of benzene rings is 1. The fraction of sp³-hybridized carbons (Fsp3) is 0.579. The number of likely N-dealkylation sites (tertiary alicyclic amines) is 1. The highest BCUT2D eigenvalue weighted by Gasteiger charge is 2.17. The van der Waals surface area contributed by atoms with Crippen molar-refractivity contribution in [2.24, 2.45) is 4.99 Å². The van der Waals surface area contributed by atoms with Gasteiger partial charge in [-0.2, -0.15) is 0 Å². The third kappa shape index (κ3) is 7.80. The topological polar surface area (TPSA) is 60.0 Å². The second-order valence-electron chi connectivity index (χ2n) is 6.32. The lowest BCUT2D eigenvalue weighted by atomic mass is 10.3. The van der Waals surface area contributed by atoms with Crippen molar-refractivity contribution in [3.05, 3.63) is 30.3 Å². The van der Waals surface area contributed by atoms with Gasteiger partial charge in [0.15, 0.2) is 5.96 Å². The highest BCUT2D eigenvalue weighted by Crippen LogP contribution is 2.10. The third-order valence-electron chi connectivity index (χ3n) is 4.34. The summed E-state index contributed by atoms with van der Waals surface area (Å²) in [7, 11) is 2.10. The van der Waals surface area contributed by atoms with Gasteiger partial charge in [0.25, 0.3) is 0 Å². The van der Waals surface area contributed by atoms with Crippen molar-refractivity contribution in [3.8, 4) is 0 Å². The number of nitrogens with zero attached hydrogens (tertiary/aromatic N) is 3. The smallest absolute Gasteiger partial charge is 0.244 e. The maximum Gasteiger partial charge on any atom is 0.244 e. The number of hydrogen-bond acceptors (Lipinski definition) is 3. The van der Waals surface area contributed by atoms with Crippen molar-refractivity contribution >= 4 is 41.5 Å². The number of para-hydroxylation sites is 1. The quantitative estimate of drug-likeness (QED) is 0.263. The molecular weight excluding hydrogens is 441 g/mol. The van der Waals surface area contributed by atoms with Crippen LogP contribution in [0, 0.1) is 0 Å². The maximum absolute atomic E-state index is 12.1. The second-order valence-corrected chi connectivity index (χ2v) is 6.32. The molecule has 0 spiro atoms. The minimum absolute atomic E-state index is 0. The van der Waals surface area contributed by atoms with E-state index in [-0.39, 0.29) is 36.4 Å². The molecule has 0 aromatic heterocycles. The Balaban J connectivity index is 0.00000338. The van der Waals surface area contributed by atoms with E-state index in [0.29, 0.717) is 0 Å². The van der Waals surface area contributed by atoms with Crippen LogP contribution < -0.4 is 15.5 Å². The Morgan fingerprint density at radius 3 is 2.54 bits per heavy atom. The molecule has 1 amide bonds. The molecule has 1 aromatic rings. The van der Waals surface area contributed by atoms with Crippen molar-refractivity contribution in [3.63, 3.8) is 0 Å². The molecule has 0 radical (unpaired) electrons. The van der Waals surface area contributed by atoms with Gasteiger partial charge in [0.2, 0.25) is 5.91 Å². The van der Waals surface area contributed by atoms with Gasteiger partial charge in [0.05, 0.1) is 0 Å². The summed E-state index contributed by atoms with van der Waals surface area (Å²) < 4.78 is 0. The lowest BCUT2D eigenvalue weighted by Gasteiger charge is -2.19. The number of anilines is 1.